The lowest BCUT2D eigenvalue weighted by Crippen LogP contribution is -2.35. The second-order valence-corrected chi connectivity index (χ2v) is 6.63. The molecule has 1 aliphatic rings. The Morgan fingerprint density at radius 3 is 2.56 bits per heavy atom. The molecule has 0 atom stereocenters. The van der Waals surface area contributed by atoms with Crippen molar-refractivity contribution in [1.82, 2.24) is 9.88 Å². The highest BCUT2D eigenvalue weighted by molar-refractivity contribution is 5.87. The molecule has 0 amide bonds. The van der Waals surface area contributed by atoms with Gasteiger partial charge >= 0.3 is 0 Å². The first-order chi connectivity index (χ1) is 12.2. The number of benzene rings is 2. The third-order valence-corrected chi connectivity index (χ3v) is 4.88. The van der Waals surface area contributed by atoms with Gasteiger partial charge < -0.3 is 9.72 Å². The molecule has 0 unspecified atom stereocenters. The van der Waals surface area contributed by atoms with E-state index in [0.717, 1.165) is 60.4 Å². The van der Waals surface area contributed by atoms with Crippen molar-refractivity contribution in [1.29, 1.82) is 0 Å². The lowest BCUT2D eigenvalue weighted by atomic mass is 10.0. The Morgan fingerprint density at radius 1 is 1.04 bits per heavy atom. The summed E-state index contributed by atoms with van der Waals surface area (Å²) < 4.78 is 5.39. The molecule has 4 nitrogen and oxygen atoms in total. The van der Waals surface area contributed by atoms with Crippen LogP contribution in [-0.4, -0.2) is 36.2 Å². The van der Waals surface area contributed by atoms with Crippen molar-refractivity contribution < 1.29 is 4.74 Å². The fourth-order valence-corrected chi connectivity index (χ4v) is 3.40. The number of rotatable bonds is 3. The third kappa shape index (κ3) is 3.36. The first-order valence-electron chi connectivity index (χ1n) is 8.73. The molecule has 0 bridgehead atoms. The van der Waals surface area contributed by atoms with Crippen molar-refractivity contribution in [3.05, 3.63) is 70.0 Å². The summed E-state index contributed by atoms with van der Waals surface area (Å²) in [4.78, 5) is 17.8. The number of morpholine rings is 1. The van der Waals surface area contributed by atoms with Crippen LogP contribution in [0.1, 0.15) is 11.1 Å². The number of ether oxygens (including phenoxy) is 1. The number of aromatic nitrogens is 1. The molecule has 3 aromatic rings. The van der Waals surface area contributed by atoms with Gasteiger partial charge in [0.2, 0.25) is 0 Å². The molecule has 1 saturated heterocycles. The number of aryl methyl sites for hydroxylation is 1. The molecule has 0 saturated carbocycles. The van der Waals surface area contributed by atoms with E-state index in [2.05, 4.69) is 40.2 Å². The van der Waals surface area contributed by atoms with Crippen LogP contribution in [-0.2, 0) is 11.3 Å². The second kappa shape index (κ2) is 6.82. The predicted molar refractivity (Wildman–Crippen MR) is 101 cm³/mol. The summed E-state index contributed by atoms with van der Waals surface area (Å²) in [6, 6.07) is 16.4. The molecule has 1 aliphatic heterocycles. The van der Waals surface area contributed by atoms with E-state index < -0.39 is 0 Å². The highest BCUT2D eigenvalue weighted by atomic mass is 16.5. The summed E-state index contributed by atoms with van der Waals surface area (Å²) in [5.74, 6) is 0. The van der Waals surface area contributed by atoms with E-state index in [1.54, 1.807) is 0 Å². The normalized spacial score (nSPS) is 15.6. The molecule has 0 spiro atoms. The Kier molecular flexibility index (Phi) is 4.38. The van der Waals surface area contributed by atoms with Gasteiger partial charge in [0.05, 0.1) is 13.2 Å². The zero-order valence-corrected chi connectivity index (χ0v) is 14.4. The Balaban J connectivity index is 1.62. The fourth-order valence-electron chi connectivity index (χ4n) is 3.40. The molecule has 4 rings (SSSR count). The minimum absolute atomic E-state index is 0.0337. The quantitative estimate of drug-likeness (QED) is 0.799. The maximum Gasteiger partial charge on any atom is 0.256 e. The van der Waals surface area contributed by atoms with Gasteiger partial charge in [0.1, 0.15) is 0 Å². The summed E-state index contributed by atoms with van der Waals surface area (Å²) in [6.45, 7) is 6.58. The maximum absolute atomic E-state index is 12.4. The summed E-state index contributed by atoms with van der Waals surface area (Å²) in [5, 5.41) is 1.76. The van der Waals surface area contributed by atoms with E-state index >= 15 is 0 Å². The number of aromatic amines is 1. The molecule has 4 heteroatoms. The largest absolute Gasteiger partial charge is 0.379 e. The van der Waals surface area contributed by atoms with Gasteiger partial charge in [0, 0.05) is 30.7 Å². The standard InChI is InChI=1S/C21H22N2O2/c1-15-3-2-4-18-19(15)13-20(22-21(18)24)17-7-5-16(6-8-17)14-23-9-11-25-12-10-23/h2-8,13H,9-12,14H2,1H3,(H,22,24). The van der Waals surface area contributed by atoms with Crippen molar-refractivity contribution in [2.24, 2.45) is 0 Å². The van der Waals surface area contributed by atoms with Crippen molar-refractivity contribution in [2.45, 2.75) is 13.5 Å². The van der Waals surface area contributed by atoms with Crippen LogP contribution in [0.3, 0.4) is 0 Å². The number of H-pyrrole nitrogens is 1. The van der Waals surface area contributed by atoms with Gasteiger partial charge in [0.25, 0.3) is 5.56 Å². The Bertz CT molecular complexity index is 938. The number of hydrogen-bond acceptors (Lipinski definition) is 3. The molecule has 0 aliphatic carbocycles. The summed E-state index contributed by atoms with van der Waals surface area (Å²) in [6.07, 6.45) is 0. The number of fused-ring (bicyclic) bond motifs is 1. The van der Waals surface area contributed by atoms with Crippen molar-refractivity contribution in [2.75, 3.05) is 26.3 Å². The zero-order chi connectivity index (χ0) is 17.2. The molecule has 1 N–H and O–H groups in total. The molecule has 2 heterocycles. The SMILES string of the molecule is Cc1cccc2c(=O)[nH]c(-c3ccc(CN4CCOCC4)cc3)cc12. The van der Waals surface area contributed by atoms with E-state index in [9.17, 15) is 4.79 Å². The molecule has 128 valence electrons. The third-order valence-electron chi connectivity index (χ3n) is 4.88. The maximum atomic E-state index is 12.4. The summed E-state index contributed by atoms with van der Waals surface area (Å²) in [7, 11) is 0. The average molecular weight is 334 g/mol. The van der Waals surface area contributed by atoms with E-state index in [1.807, 2.05) is 25.1 Å². The van der Waals surface area contributed by atoms with Crippen LogP contribution >= 0.6 is 0 Å². The molecule has 1 fully saturated rings. The van der Waals surface area contributed by atoms with Crippen molar-refractivity contribution in [3.63, 3.8) is 0 Å². The van der Waals surface area contributed by atoms with E-state index in [-0.39, 0.29) is 5.56 Å². The molecular weight excluding hydrogens is 312 g/mol. The Hall–Kier alpha value is -2.43. The molecular formula is C21H22N2O2. The number of nitrogens with one attached hydrogen (secondary N) is 1. The lowest BCUT2D eigenvalue weighted by molar-refractivity contribution is 0.0342. The first kappa shape index (κ1) is 16.1. The van der Waals surface area contributed by atoms with Crippen LogP contribution in [0.25, 0.3) is 22.0 Å². The molecule has 2 aromatic carbocycles. The smallest absolute Gasteiger partial charge is 0.256 e. The van der Waals surface area contributed by atoms with Gasteiger partial charge in [-0.15, -0.1) is 0 Å². The van der Waals surface area contributed by atoms with Crippen LogP contribution in [0.2, 0.25) is 0 Å². The van der Waals surface area contributed by atoms with Crippen molar-refractivity contribution >= 4 is 10.8 Å². The van der Waals surface area contributed by atoms with Crippen LogP contribution in [0.15, 0.2) is 53.3 Å². The van der Waals surface area contributed by atoms with Crippen LogP contribution < -0.4 is 5.56 Å². The predicted octanol–water partition coefficient (Wildman–Crippen LogP) is 3.34. The van der Waals surface area contributed by atoms with Gasteiger partial charge in [-0.3, -0.25) is 9.69 Å². The van der Waals surface area contributed by atoms with Crippen LogP contribution in [0.5, 0.6) is 0 Å². The van der Waals surface area contributed by atoms with Crippen LogP contribution in [0, 0.1) is 6.92 Å². The highest BCUT2D eigenvalue weighted by Crippen LogP contribution is 2.23. The average Bonchev–Trinajstić information content (AvgIpc) is 2.64. The molecule has 25 heavy (non-hydrogen) atoms. The Morgan fingerprint density at radius 2 is 1.80 bits per heavy atom. The van der Waals surface area contributed by atoms with Crippen LogP contribution in [0.4, 0.5) is 0 Å². The minimum atomic E-state index is -0.0337. The van der Waals surface area contributed by atoms with Gasteiger partial charge in [-0.2, -0.15) is 0 Å². The summed E-state index contributed by atoms with van der Waals surface area (Å²) in [5.41, 5.74) is 4.27. The fraction of sp³-hybridized carbons (Fsp3) is 0.286. The van der Waals surface area contributed by atoms with E-state index in [0.29, 0.717) is 0 Å². The molecule has 1 aromatic heterocycles. The Labute approximate surface area is 147 Å². The highest BCUT2D eigenvalue weighted by Gasteiger charge is 2.11. The first-order valence-corrected chi connectivity index (χ1v) is 8.73. The lowest BCUT2D eigenvalue weighted by Gasteiger charge is -2.26. The van der Waals surface area contributed by atoms with Gasteiger partial charge in [-0.25, -0.2) is 0 Å². The van der Waals surface area contributed by atoms with Crippen molar-refractivity contribution in [3.8, 4) is 11.3 Å². The number of nitrogens with zero attached hydrogens (tertiary/aromatic N) is 1. The van der Waals surface area contributed by atoms with Gasteiger partial charge in [0.15, 0.2) is 0 Å². The zero-order valence-electron chi connectivity index (χ0n) is 14.4. The second-order valence-electron chi connectivity index (χ2n) is 6.63. The van der Waals surface area contributed by atoms with E-state index in [4.69, 9.17) is 4.74 Å². The van der Waals surface area contributed by atoms with E-state index in [1.165, 1.54) is 5.56 Å². The summed E-state index contributed by atoms with van der Waals surface area (Å²) >= 11 is 0. The van der Waals surface area contributed by atoms with Gasteiger partial charge in [-0.1, -0.05) is 36.4 Å². The topological polar surface area (TPSA) is 45.3 Å². The monoisotopic (exact) mass is 334 g/mol. The van der Waals surface area contributed by atoms with Gasteiger partial charge in [-0.05, 0) is 41.1 Å². The number of pyridine rings is 1. The number of hydrogen-bond donors (Lipinski definition) is 1. The molecule has 0 radical (unpaired) electrons. The minimum Gasteiger partial charge on any atom is -0.379 e.